The Bertz CT molecular complexity index is 1080. The molecule has 0 aliphatic heterocycles. The number of hydrogen-bond donors (Lipinski definition) is 2. The molecule has 0 radical (unpaired) electrons. The number of halogens is 1. The third-order valence-electron chi connectivity index (χ3n) is 4.49. The number of carbonyl (C=O) groups is 2. The molecule has 4 nitrogen and oxygen atoms in total. The summed E-state index contributed by atoms with van der Waals surface area (Å²) in [5, 5.41) is 6.09. The Kier molecular flexibility index (Phi) is 7.19. The summed E-state index contributed by atoms with van der Waals surface area (Å²) in [7, 11) is 0. The maximum atomic E-state index is 12.5. The monoisotopic (exact) mass is 438 g/mol. The van der Waals surface area contributed by atoms with Gasteiger partial charge in [0.05, 0.1) is 5.25 Å². The van der Waals surface area contributed by atoms with Crippen LogP contribution in [0.15, 0.2) is 71.6 Å². The van der Waals surface area contributed by atoms with Crippen molar-refractivity contribution in [2.24, 2.45) is 0 Å². The molecule has 154 valence electrons. The molecule has 2 N–H and O–H groups in total. The highest BCUT2D eigenvalue weighted by atomic mass is 35.5. The maximum Gasteiger partial charge on any atom is 0.255 e. The average Bonchev–Trinajstić information content (AvgIpc) is 2.71. The van der Waals surface area contributed by atoms with E-state index in [1.165, 1.54) is 11.8 Å². The predicted molar refractivity (Wildman–Crippen MR) is 126 cm³/mol. The Morgan fingerprint density at radius 2 is 1.63 bits per heavy atom. The number of carbonyl (C=O) groups excluding carboxylic acids is 2. The van der Waals surface area contributed by atoms with Gasteiger partial charge >= 0.3 is 0 Å². The van der Waals surface area contributed by atoms with Gasteiger partial charge in [-0.25, -0.2) is 0 Å². The first-order chi connectivity index (χ1) is 14.3. The molecule has 3 aromatic rings. The molecule has 6 heteroatoms. The summed E-state index contributed by atoms with van der Waals surface area (Å²) in [6.45, 7) is 5.70. The summed E-state index contributed by atoms with van der Waals surface area (Å²) >= 11 is 7.55. The van der Waals surface area contributed by atoms with Gasteiger partial charge in [0.15, 0.2) is 0 Å². The van der Waals surface area contributed by atoms with Gasteiger partial charge in [-0.15, -0.1) is 11.8 Å². The number of benzene rings is 3. The van der Waals surface area contributed by atoms with Crippen molar-refractivity contribution in [3.8, 4) is 0 Å². The van der Waals surface area contributed by atoms with E-state index in [9.17, 15) is 9.59 Å². The molecule has 0 fully saturated rings. The molecule has 2 amide bonds. The lowest BCUT2D eigenvalue weighted by Crippen LogP contribution is -2.22. The fourth-order valence-electron chi connectivity index (χ4n) is 2.81. The number of anilines is 2. The van der Waals surface area contributed by atoms with Crippen molar-refractivity contribution in [2.75, 3.05) is 10.6 Å². The van der Waals surface area contributed by atoms with E-state index in [0.717, 1.165) is 16.0 Å². The van der Waals surface area contributed by atoms with Crippen LogP contribution in [-0.2, 0) is 4.79 Å². The maximum absolute atomic E-state index is 12.5. The van der Waals surface area contributed by atoms with Crippen LogP contribution in [-0.4, -0.2) is 17.1 Å². The largest absolute Gasteiger partial charge is 0.325 e. The highest BCUT2D eigenvalue weighted by Crippen LogP contribution is 2.27. The van der Waals surface area contributed by atoms with Gasteiger partial charge in [0.2, 0.25) is 5.91 Å². The summed E-state index contributed by atoms with van der Waals surface area (Å²) in [5.74, 6) is -0.281. The molecule has 0 bridgehead atoms. The Morgan fingerprint density at radius 1 is 0.900 bits per heavy atom. The summed E-state index contributed by atoms with van der Waals surface area (Å²) < 4.78 is 0. The van der Waals surface area contributed by atoms with Gasteiger partial charge in [-0.1, -0.05) is 41.4 Å². The summed E-state index contributed by atoms with van der Waals surface area (Å²) in [6.07, 6.45) is 0. The first-order valence-electron chi connectivity index (χ1n) is 9.53. The van der Waals surface area contributed by atoms with Crippen LogP contribution in [0.4, 0.5) is 11.4 Å². The third-order valence-corrected chi connectivity index (χ3v) is 5.99. The van der Waals surface area contributed by atoms with Crippen LogP contribution in [0, 0.1) is 13.8 Å². The molecule has 0 heterocycles. The number of rotatable bonds is 6. The highest BCUT2D eigenvalue weighted by Gasteiger charge is 2.15. The standard InChI is InChI=1S/C24H23ClN2O2S/c1-15-6-4-7-18(12-15)24(29)27-19-8-5-9-21(13-19)30-17(3)23(28)26-20-11-10-16(2)22(25)14-20/h4-14,17H,1-3H3,(H,26,28)(H,27,29). The van der Waals surface area contributed by atoms with Gasteiger partial charge in [0.1, 0.15) is 0 Å². The number of aryl methyl sites for hydroxylation is 2. The van der Waals surface area contributed by atoms with Crippen LogP contribution in [0.3, 0.4) is 0 Å². The molecule has 1 unspecified atom stereocenters. The molecule has 1 atom stereocenters. The van der Waals surface area contributed by atoms with E-state index in [0.29, 0.717) is 22.0 Å². The van der Waals surface area contributed by atoms with Gasteiger partial charge in [-0.2, -0.15) is 0 Å². The SMILES string of the molecule is Cc1cccc(C(=O)Nc2cccc(SC(C)C(=O)Nc3ccc(C)c(Cl)c3)c2)c1. The number of thioether (sulfide) groups is 1. The van der Waals surface area contributed by atoms with Crippen molar-refractivity contribution in [3.63, 3.8) is 0 Å². The lowest BCUT2D eigenvalue weighted by atomic mass is 10.1. The van der Waals surface area contributed by atoms with Crippen molar-refractivity contribution in [1.82, 2.24) is 0 Å². The minimum Gasteiger partial charge on any atom is -0.325 e. The van der Waals surface area contributed by atoms with Crippen LogP contribution in [0.1, 0.15) is 28.4 Å². The average molecular weight is 439 g/mol. The van der Waals surface area contributed by atoms with Crippen LogP contribution < -0.4 is 10.6 Å². The first-order valence-corrected chi connectivity index (χ1v) is 10.8. The quantitative estimate of drug-likeness (QED) is 0.442. The van der Waals surface area contributed by atoms with Crippen molar-refractivity contribution < 1.29 is 9.59 Å². The second-order valence-corrected chi connectivity index (χ2v) is 8.89. The van der Waals surface area contributed by atoms with E-state index >= 15 is 0 Å². The second-order valence-electron chi connectivity index (χ2n) is 7.06. The first kappa shape index (κ1) is 21.9. The zero-order valence-corrected chi connectivity index (χ0v) is 18.6. The molecule has 0 saturated heterocycles. The lowest BCUT2D eigenvalue weighted by molar-refractivity contribution is -0.115. The van der Waals surface area contributed by atoms with Crippen molar-refractivity contribution in [3.05, 3.63) is 88.4 Å². The number of hydrogen-bond acceptors (Lipinski definition) is 3. The Morgan fingerprint density at radius 3 is 2.37 bits per heavy atom. The van der Waals surface area contributed by atoms with Crippen LogP contribution in [0.25, 0.3) is 0 Å². The molecule has 0 aliphatic carbocycles. The van der Waals surface area contributed by atoms with Crippen LogP contribution >= 0.6 is 23.4 Å². The van der Waals surface area contributed by atoms with E-state index < -0.39 is 0 Å². The van der Waals surface area contributed by atoms with Gasteiger partial charge in [0.25, 0.3) is 5.91 Å². The van der Waals surface area contributed by atoms with Gasteiger partial charge < -0.3 is 10.6 Å². The fraction of sp³-hybridized carbons (Fsp3) is 0.167. The molecule has 30 heavy (non-hydrogen) atoms. The van der Waals surface area contributed by atoms with E-state index in [-0.39, 0.29) is 17.1 Å². The second kappa shape index (κ2) is 9.83. The summed E-state index contributed by atoms with van der Waals surface area (Å²) in [4.78, 5) is 25.9. The summed E-state index contributed by atoms with van der Waals surface area (Å²) in [5.41, 5.74) is 3.95. The minimum atomic E-state index is -0.326. The number of amides is 2. The predicted octanol–water partition coefficient (Wildman–Crippen LogP) is 6.33. The molecule has 0 aliphatic rings. The smallest absolute Gasteiger partial charge is 0.255 e. The molecule has 3 rings (SSSR count). The van der Waals surface area contributed by atoms with Gasteiger partial charge in [-0.05, 0) is 68.8 Å². The topological polar surface area (TPSA) is 58.2 Å². The minimum absolute atomic E-state index is 0.117. The Labute approximate surface area is 186 Å². The molecular formula is C24H23ClN2O2S. The molecule has 0 spiro atoms. The normalized spacial score (nSPS) is 11.6. The zero-order chi connectivity index (χ0) is 21.7. The summed E-state index contributed by atoms with van der Waals surface area (Å²) in [6, 6.07) is 20.4. The molecular weight excluding hydrogens is 416 g/mol. The van der Waals surface area contributed by atoms with Crippen molar-refractivity contribution in [2.45, 2.75) is 30.9 Å². The van der Waals surface area contributed by atoms with E-state index in [2.05, 4.69) is 10.6 Å². The highest BCUT2D eigenvalue weighted by molar-refractivity contribution is 8.00. The number of nitrogens with one attached hydrogen (secondary N) is 2. The Balaban J connectivity index is 1.63. The fourth-order valence-corrected chi connectivity index (χ4v) is 3.92. The van der Waals surface area contributed by atoms with Crippen molar-refractivity contribution in [1.29, 1.82) is 0 Å². The van der Waals surface area contributed by atoms with Gasteiger partial charge in [0, 0.05) is 26.9 Å². The van der Waals surface area contributed by atoms with E-state index in [1.54, 1.807) is 12.1 Å². The molecule has 0 aromatic heterocycles. The third kappa shape index (κ3) is 5.88. The zero-order valence-electron chi connectivity index (χ0n) is 17.0. The molecule has 0 saturated carbocycles. The lowest BCUT2D eigenvalue weighted by Gasteiger charge is -2.13. The van der Waals surface area contributed by atoms with E-state index in [4.69, 9.17) is 11.6 Å². The van der Waals surface area contributed by atoms with Gasteiger partial charge in [-0.3, -0.25) is 9.59 Å². The van der Waals surface area contributed by atoms with Crippen LogP contribution in [0.2, 0.25) is 5.02 Å². The molecule has 3 aromatic carbocycles. The van der Waals surface area contributed by atoms with Crippen molar-refractivity contribution >= 4 is 46.6 Å². The van der Waals surface area contributed by atoms with Crippen LogP contribution in [0.5, 0.6) is 0 Å². The van der Waals surface area contributed by atoms with E-state index in [1.807, 2.05) is 75.4 Å². The Hall–Kier alpha value is -2.76.